The first-order valence-corrected chi connectivity index (χ1v) is 3.06. The highest BCUT2D eigenvalue weighted by molar-refractivity contribution is 8.14. The third-order valence-corrected chi connectivity index (χ3v) is 1.67. The average molecular weight is 117 g/mol. The van der Waals surface area contributed by atoms with Gasteiger partial charge < -0.3 is 11.2 Å². The van der Waals surface area contributed by atoms with Crippen molar-refractivity contribution >= 4 is 16.9 Å². The maximum atomic E-state index is 4.94. The zero-order valence-corrected chi connectivity index (χ0v) is 4.66. The Morgan fingerprint density at radius 1 is 1.86 bits per heavy atom. The van der Waals surface area contributed by atoms with E-state index in [9.17, 15) is 0 Å². The largest absolute Gasteiger partial charge is 0.362 e. The van der Waals surface area contributed by atoms with Gasteiger partial charge in [-0.2, -0.15) is 5.10 Å². The average Bonchev–Trinajstić information content (AvgIpc) is 2.14. The van der Waals surface area contributed by atoms with Gasteiger partial charge in [-0.15, -0.1) is 0 Å². The summed E-state index contributed by atoms with van der Waals surface area (Å²) >= 11 is 1.66. The molecule has 0 bridgehead atoms. The van der Waals surface area contributed by atoms with Gasteiger partial charge in [-0.05, 0) is 0 Å². The van der Waals surface area contributed by atoms with Crippen molar-refractivity contribution < 1.29 is 0 Å². The fourth-order valence-electron chi connectivity index (χ4n) is 0.440. The SMILES string of the molecule is NN=C1NCCS1. The highest BCUT2D eigenvalue weighted by Crippen LogP contribution is 2.04. The van der Waals surface area contributed by atoms with Crippen LogP contribution >= 0.6 is 11.8 Å². The summed E-state index contributed by atoms with van der Waals surface area (Å²) in [5.41, 5.74) is 0. The molecule has 4 heteroatoms. The molecule has 0 spiro atoms. The van der Waals surface area contributed by atoms with E-state index in [0.717, 1.165) is 17.5 Å². The van der Waals surface area contributed by atoms with Crippen molar-refractivity contribution in [2.75, 3.05) is 12.3 Å². The number of hydrazone groups is 1. The highest BCUT2D eigenvalue weighted by atomic mass is 32.2. The lowest BCUT2D eigenvalue weighted by atomic mass is 10.8. The Bertz CT molecular complexity index is 82.2. The minimum absolute atomic E-state index is 0.861. The van der Waals surface area contributed by atoms with Crippen molar-refractivity contribution in [1.82, 2.24) is 5.32 Å². The number of rotatable bonds is 0. The quantitative estimate of drug-likeness (QED) is 0.334. The maximum absolute atomic E-state index is 4.94. The minimum atomic E-state index is 0.861. The second-order valence-corrected chi connectivity index (χ2v) is 2.29. The monoisotopic (exact) mass is 117 g/mol. The molecule has 0 aromatic heterocycles. The molecule has 1 aliphatic rings. The van der Waals surface area contributed by atoms with Crippen LogP contribution in [-0.4, -0.2) is 17.5 Å². The molecular weight excluding hydrogens is 110 g/mol. The summed E-state index contributed by atoms with van der Waals surface area (Å²) in [5, 5.41) is 7.31. The van der Waals surface area contributed by atoms with Crippen LogP contribution in [0.5, 0.6) is 0 Å². The summed E-state index contributed by atoms with van der Waals surface area (Å²) in [6.45, 7) is 1.00. The molecule has 1 rings (SSSR count). The van der Waals surface area contributed by atoms with Gasteiger partial charge in [0.25, 0.3) is 0 Å². The Morgan fingerprint density at radius 3 is 3.00 bits per heavy atom. The van der Waals surface area contributed by atoms with Crippen LogP contribution in [-0.2, 0) is 0 Å². The lowest BCUT2D eigenvalue weighted by Gasteiger charge is -1.87. The van der Waals surface area contributed by atoms with Gasteiger partial charge in [0.15, 0.2) is 5.17 Å². The number of hydrogen-bond acceptors (Lipinski definition) is 3. The van der Waals surface area contributed by atoms with Gasteiger partial charge >= 0.3 is 0 Å². The molecule has 3 nitrogen and oxygen atoms in total. The summed E-state index contributed by atoms with van der Waals surface area (Å²) in [5.74, 6) is 6.03. The van der Waals surface area contributed by atoms with Crippen molar-refractivity contribution in [3.8, 4) is 0 Å². The number of hydrogen-bond donors (Lipinski definition) is 2. The summed E-state index contributed by atoms with van der Waals surface area (Å²) in [7, 11) is 0. The molecule has 7 heavy (non-hydrogen) atoms. The van der Waals surface area contributed by atoms with E-state index in [-0.39, 0.29) is 0 Å². The van der Waals surface area contributed by atoms with Crippen molar-refractivity contribution in [3.05, 3.63) is 0 Å². The smallest absolute Gasteiger partial charge is 0.180 e. The number of nitrogens with two attached hydrogens (primary N) is 1. The summed E-state index contributed by atoms with van der Waals surface area (Å²) < 4.78 is 0. The van der Waals surface area contributed by atoms with E-state index in [1.165, 1.54) is 0 Å². The van der Waals surface area contributed by atoms with E-state index in [4.69, 9.17) is 5.84 Å². The van der Waals surface area contributed by atoms with Crippen LogP contribution in [0.4, 0.5) is 0 Å². The molecule has 3 N–H and O–H groups in total. The zero-order chi connectivity index (χ0) is 5.11. The van der Waals surface area contributed by atoms with E-state index in [1.807, 2.05) is 0 Å². The van der Waals surface area contributed by atoms with Gasteiger partial charge in [0.05, 0.1) is 0 Å². The molecular formula is C3H7N3S. The van der Waals surface area contributed by atoms with Crippen LogP contribution in [0, 0.1) is 0 Å². The van der Waals surface area contributed by atoms with Crippen LogP contribution in [0.15, 0.2) is 5.10 Å². The van der Waals surface area contributed by atoms with Gasteiger partial charge in [0.1, 0.15) is 0 Å². The number of amidine groups is 1. The Kier molecular flexibility index (Phi) is 1.41. The summed E-state index contributed by atoms with van der Waals surface area (Å²) in [6.07, 6.45) is 0. The lowest BCUT2D eigenvalue weighted by Crippen LogP contribution is -2.14. The minimum Gasteiger partial charge on any atom is -0.362 e. The first-order valence-electron chi connectivity index (χ1n) is 2.08. The van der Waals surface area contributed by atoms with Gasteiger partial charge in [0.2, 0.25) is 0 Å². The molecule has 0 aromatic carbocycles. The van der Waals surface area contributed by atoms with Crippen LogP contribution < -0.4 is 11.2 Å². The van der Waals surface area contributed by atoms with Gasteiger partial charge in [-0.1, -0.05) is 11.8 Å². The van der Waals surface area contributed by atoms with Crippen molar-refractivity contribution in [3.63, 3.8) is 0 Å². The molecule has 0 saturated carbocycles. The first-order chi connectivity index (χ1) is 3.43. The highest BCUT2D eigenvalue weighted by Gasteiger charge is 2.04. The molecule has 1 heterocycles. The van der Waals surface area contributed by atoms with Crippen LogP contribution in [0.25, 0.3) is 0 Å². The Balaban J connectivity index is 2.41. The van der Waals surface area contributed by atoms with Gasteiger partial charge in [-0.3, -0.25) is 0 Å². The van der Waals surface area contributed by atoms with Crippen LogP contribution in [0.3, 0.4) is 0 Å². The molecule has 1 fully saturated rings. The zero-order valence-electron chi connectivity index (χ0n) is 3.85. The normalized spacial score (nSPS) is 25.4. The molecule has 0 atom stereocenters. The third kappa shape index (κ3) is 0.991. The maximum Gasteiger partial charge on any atom is 0.180 e. The second-order valence-electron chi connectivity index (χ2n) is 1.21. The van der Waals surface area contributed by atoms with Crippen molar-refractivity contribution in [2.24, 2.45) is 10.9 Å². The fourth-order valence-corrected chi connectivity index (χ4v) is 1.12. The molecule has 0 aliphatic carbocycles. The molecule has 1 saturated heterocycles. The fraction of sp³-hybridized carbons (Fsp3) is 0.667. The Hall–Kier alpha value is -0.380. The van der Waals surface area contributed by atoms with Crippen molar-refractivity contribution in [2.45, 2.75) is 0 Å². The summed E-state index contributed by atoms with van der Waals surface area (Å²) in [6, 6.07) is 0. The van der Waals surface area contributed by atoms with E-state index in [2.05, 4.69) is 10.4 Å². The molecule has 0 radical (unpaired) electrons. The second kappa shape index (κ2) is 2.07. The standard InChI is InChI=1S/C3H7N3S/c4-6-3-5-1-2-7-3/h1-2,4H2,(H,5,6). The lowest BCUT2D eigenvalue weighted by molar-refractivity contribution is 1.01. The predicted molar refractivity (Wildman–Crippen MR) is 32.1 cm³/mol. The van der Waals surface area contributed by atoms with Crippen LogP contribution in [0.2, 0.25) is 0 Å². The first kappa shape index (κ1) is 4.77. The van der Waals surface area contributed by atoms with Gasteiger partial charge in [0, 0.05) is 12.3 Å². The van der Waals surface area contributed by atoms with E-state index in [0.29, 0.717) is 0 Å². The van der Waals surface area contributed by atoms with Crippen LogP contribution in [0.1, 0.15) is 0 Å². The number of nitrogens with one attached hydrogen (secondary N) is 1. The van der Waals surface area contributed by atoms with E-state index >= 15 is 0 Å². The van der Waals surface area contributed by atoms with E-state index in [1.54, 1.807) is 11.8 Å². The Morgan fingerprint density at radius 2 is 2.71 bits per heavy atom. The number of nitrogens with zero attached hydrogens (tertiary/aromatic N) is 1. The summed E-state index contributed by atoms with van der Waals surface area (Å²) in [4.78, 5) is 0. The van der Waals surface area contributed by atoms with Gasteiger partial charge in [-0.25, -0.2) is 0 Å². The van der Waals surface area contributed by atoms with Crippen molar-refractivity contribution in [1.29, 1.82) is 0 Å². The number of thioether (sulfide) groups is 1. The molecule has 0 amide bonds. The molecule has 0 unspecified atom stereocenters. The third-order valence-electron chi connectivity index (χ3n) is 0.734. The molecule has 0 aromatic rings. The topological polar surface area (TPSA) is 50.4 Å². The molecule has 1 aliphatic heterocycles. The molecule has 40 valence electrons. The van der Waals surface area contributed by atoms with E-state index < -0.39 is 0 Å². The Labute approximate surface area is 46.3 Å². The predicted octanol–water partition coefficient (Wildman–Crippen LogP) is -0.447.